The van der Waals surface area contributed by atoms with Gasteiger partial charge in [-0.2, -0.15) is 13.2 Å². The van der Waals surface area contributed by atoms with Gasteiger partial charge in [-0.1, -0.05) is 42.3 Å². The number of carbonyl (C=O) groups excluding carboxylic acids is 2. The summed E-state index contributed by atoms with van der Waals surface area (Å²) >= 11 is 12.3. The molecule has 7 nitrogen and oxygen atoms in total. The fourth-order valence-corrected chi connectivity index (χ4v) is 5.31. The van der Waals surface area contributed by atoms with Crippen LogP contribution in [0, 0.1) is 0 Å². The number of hydrogen-bond acceptors (Lipinski definition) is 4. The van der Waals surface area contributed by atoms with E-state index in [1.165, 1.54) is 17.0 Å². The van der Waals surface area contributed by atoms with E-state index < -0.39 is 33.7 Å². The number of amides is 2. The molecule has 210 valence electrons. The lowest BCUT2D eigenvalue weighted by Gasteiger charge is -2.31. The van der Waals surface area contributed by atoms with Gasteiger partial charge in [0.15, 0.2) is 0 Å². The SMILES string of the molecule is CCNC(=O)C(CC)N(Cc1ccc(Cl)cc1Cl)C(=O)CCCN(c1cccc(C(F)(F)F)c1)S(C)(=O)=O. The average molecular weight is 596 g/mol. The van der Waals surface area contributed by atoms with E-state index in [-0.39, 0.29) is 37.5 Å². The summed E-state index contributed by atoms with van der Waals surface area (Å²) in [6, 6.07) is 7.94. The first-order valence-electron chi connectivity index (χ1n) is 11.8. The van der Waals surface area contributed by atoms with Crippen molar-refractivity contribution in [2.24, 2.45) is 0 Å². The van der Waals surface area contributed by atoms with Gasteiger partial charge in [0.2, 0.25) is 21.8 Å². The Bertz CT molecular complexity index is 1240. The number of halogens is 5. The van der Waals surface area contributed by atoms with Gasteiger partial charge < -0.3 is 10.2 Å². The quantitative estimate of drug-likeness (QED) is 0.351. The van der Waals surface area contributed by atoms with Crippen LogP contribution >= 0.6 is 23.2 Å². The van der Waals surface area contributed by atoms with Crippen molar-refractivity contribution in [1.29, 1.82) is 0 Å². The summed E-state index contributed by atoms with van der Waals surface area (Å²) in [5.41, 5.74) is -0.583. The third-order valence-corrected chi connectivity index (χ3v) is 7.49. The molecule has 0 fully saturated rings. The fraction of sp³-hybridized carbons (Fsp3) is 0.440. The smallest absolute Gasteiger partial charge is 0.355 e. The summed E-state index contributed by atoms with van der Waals surface area (Å²) in [7, 11) is -3.95. The van der Waals surface area contributed by atoms with E-state index in [1.54, 1.807) is 26.0 Å². The Kier molecular flexibility index (Phi) is 11.3. The average Bonchev–Trinajstić information content (AvgIpc) is 2.81. The Morgan fingerprint density at radius 3 is 2.32 bits per heavy atom. The maximum Gasteiger partial charge on any atom is 0.416 e. The van der Waals surface area contributed by atoms with Crippen LogP contribution in [0.4, 0.5) is 18.9 Å². The van der Waals surface area contributed by atoms with Gasteiger partial charge in [0.25, 0.3) is 0 Å². The predicted molar refractivity (Wildman–Crippen MR) is 143 cm³/mol. The molecule has 0 spiro atoms. The van der Waals surface area contributed by atoms with Crippen LogP contribution in [-0.2, 0) is 32.3 Å². The monoisotopic (exact) mass is 595 g/mol. The minimum Gasteiger partial charge on any atom is -0.355 e. The lowest BCUT2D eigenvalue weighted by Crippen LogP contribution is -2.49. The molecule has 13 heteroatoms. The first kappa shape index (κ1) is 31.7. The van der Waals surface area contributed by atoms with Crippen LogP contribution in [0.3, 0.4) is 0 Å². The van der Waals surface area contributed by atoms with Gasteiger partial charge in [-0.05, 0) is 55.7 Å². The van der Waals surface area contributed by atoms with Crippen LogP contribution in [0.25, 0.3) is 0 Å². The molecule has 2 aromatic carbocycles. The highest BCUT2D eigenvalue weighted by Crippen LogP contribution is 2.32. The molecule has 1 atom stereocenters. The summed E-state index contributed by atoms with van der Waals surface area (Å²) in [6.07, 6.45) is -3.62. The molecular weight excluding hydrogens is 566 g/mol. The molecule has 0 aliphatic rings. The van der Waals surface area contributed by atoms with Crippen molar-refractivity contribution in [1.82, 2.24) is 10.2 Å². The molecule has 0 aliphatic heterocycles. The van der Waals surface area contributed by atoms with Crippen LogP contribution in [0.1, 0.15) is 44.2 Å². The Labute approximate surface area is 230 Å². The van der Waals surface area contributed by atoms with Crippen LogP contribution in [-0.4, -0.2) is 50.5 Å². The van der Waals surface area contributed by atoms with Gasteiger partial charge in [0.1, 0.15) is 6.04 Å². The molecule has 0 saturated heterocycles. The fourth-order valence-electron chi connectivity index (χ4n) is 3.89. The molecule has 1 N–H and O–H groups in total. The number of hydrogen-bond donors (Lipinski definition) is 1. The van der Waals surface area contributed by atoms with Crippen LogP contribution < -0.4 is 9.62 Å². The molecule has 38 heavy (non-hydrogen) atoms. The second-order valence-corrected chi connectivity index (χ2v) is 11.3. The molecule has 0 aromatic heterocycles. The Hall–Kier alpha value is -2.50. The Morgan fingerprint density at radius 1 is 1.08 bits per heavy atom. The van der Waals surface area contributed by atoms with Crippen molar-refractivity contribution < 1.29 is 31.2 Å². The van der Waals surface area contributed by atoms with Crippen molar-refractivity contribution in [2.45, 2.75) is 51.9 Å². The van der Waals surface area contributed by atoms with Gasteiger partial charge in [0, 0.05) is 36.1 Å². The highest BCUT2D eigenvalue weighted by Gasteiger charge is 2.32. The van der Waals surface area contributed by atoms with E-state index in [1.807, 2.05) is 0 Å². The standard InChI is InChI=1S/C25H30Cl2F3N3O4S/c1-4-22(24(35)31-5-2)32(16-17-11-12-19(26)15-21(17)27)23(34)10-7-13-33(38(3,36)37)20-9-6-8-18(14-20)25(28,29)30/h6,8-9,11-12,14-15,22H,4-5,7,10,13,16H2,1-3H3,(H,31,35). The number of rotatable bonds is 12. The zero-order valence-electron chi connectivity index (χ0n) is 21.2. The minimum absolute atomic E-state index is 0.00116. The molecule has 2 aromatic rings. The Balaban J connectivity index is 2.28. The molecule has 0 radical (unpaired) electrons. The summed E-state index contributed by atoms with van der Waals surface area (Å²) in [5, 5.41) is 3.43. The predicted octanol–water partition coefficient (Wildman–Crippen LogP) is 5.50. The van der Waals surface area contributed by atoms with E-state index in [4.69, 9.17) is 23.2 Å². The van der Waals surface area contributed by atoms with Crippen molar-refractivity contribution >= 4 is 50.7 Å². The van der Waals surface area contributed by atoms with E-state index in [0.29, 0.717) is 28.6 Å². The molecule has 0 aliphatic carbocycles. The first-order chi connectivity index (χ1) is 17.7. The van der Waals surface area contributed by atoms with E-state index in [9.17, 15) is 31.2 Å². The maximum atomic E-state index is 13.3. The van der Waals surface area contributed by atoms with Crippen molar-refractivity contribution in [3.05, 3.63) is 63.6 Å². The number of sulfonamides is 1. The summed E-state index contributed by atoms with van der Waals surface area (Å²) in [6.45, 7) is 3.63. The highest BCUT2D eigenvalue weighted by atomic mass is 35.5. The lowest BCUT2D eigenvalue weighted by molar-refractivity contribution is -0.141. The number of carbonyl (C=O) groups is 2. The highest BCUT2D eigenvalue weighted by molar-refractivity contribution is 7.92. The zero-order chi connectivity index (χ0) is 28.7. The zero-order valence-corrected chi connectivity index (χ0v) is 23.5. The second-order valence-electron chi connectivity index (χ2n) is 8.56. The summed E-state index contributed by atoms with van der Waals surface area (Å²) in [5.74, 6) is -0.790. The van der Waals surface area contributed by atoms with Gasteiger partial charge in [0.05, 0.1) is 17.5 Å². The summed E-state index contributed by atoms with van der Waals surface area (Å²) in [4.78, 5) is 27.4. The molecule has 0 bridgehead atoms. The number of anilines is 1. The van der Waals surface area contributed by atoms with Gasteiger partial charge in [-0.25, -0.2) is 8.42 Å². The molecular formula is C25H30Cl2F3N3O4S. The van der Waals surface area contributed by atoms with Crippen molar-refractivity contribution in [3.63, 3.8) is 0 Å². The number of likely N-dealkylation sites (N-methyl/N-ethyl adjacent to an activating group) is 1. The normalized spacial score (nSPS) is 12.6. The molecule has 1 unspecified atom stereocenters. The van der Waals surface area contributed by atoms with E-state index in [0.717, 1.165) is 28.8 Å². The molecule has 0 heterocycles. The maximum absolute atomic E-state index is 13.3. The number of nitrogens with zero attached hydrogens (tertiary/aromatic N) is 2. The molecule has 0 saturated carbocycles. The number of nitrogens with one attached hydrogen (secondary N) is 1. The van der Waals surface area contributed by atoms with Crippen molar-refractivity contribution in [2.75, 3.05) is 23.7 Å². The van der Waals surface area contributed by atoms with Crippen LogP contribution in [0.5, 0.6) is 0 Å². The van der Waals surface area contributed by atoms with Gasteiger partial charge in [-0.3, -0.25) is 13.9 Å². The van der Waals surface area contributed by atoms with Crippen LogP contribution in [0.15, 0.2) is 42.5 Å². The van der Waals surface area contributed by atoms with E-state index in [2.05, 4.69) is 5.32 Å². The third-order valence-electron chi connectivity index (χ3n) is 5.71. The van der Waals surface area contributed by atoms with Gasteiger partial charge >= 0.3 is 6.18 Å². The van der Waals surface area contributed by atoms with Crippen molar-refractivity contribution in [3.8, 4) is 0 Å². The second kappa shape index (κ2) is 13.5. The first-order valence-corrected chi connectivity index (χ1v) is 14.5. The topological polar surface area (TPSA) is 86.8 Å². The van der Waals surface area contributed by atoms with Crippen LogP contribution in [0.2, 0.25) is 10.0 Å². The van der Waals surface area contributed by atoms with Gasteiger partial charge in [-0.15, -0.1) is 0 Å². The third kappa shape index (κ3) is 8.78. The largest absolute Gasteiger partial charge is 0.416 e. The molecule has 2 rings (SSSR count). The number of alkyl halides is 3. The lowest BCUT2D eigenvalue weighted by atomic mass is 10.1. The minimum atomic E-state index is -4.65. The molecule has 2 amide bonds. The number of benzene rings is 2. The Morgan fingerprint density at radius 2 is 1.76 bits per heavy atom. The van der Waals surface area contributed by atoms with E-state index >= 15 is 0 Å². The summed E-state index contributed by atoms with van der Waals surface area (Å²) < 4.78 is 65.1.